The van der Waals surface area contributed by atoms with E-state index in [4.69, 9.17) is 4.52 Å². The third-order valence-electron chi connectivity index (χ3n) is 4.01. The van der Waals surface area contributed by atoms with Crippen molar-refractivity contribution in [3.63, 3.8) is 0 Å². The molecule has 7 nitrogen and oxygen atoms in total. The molecular weight excluding hydrogens is 386 g/mol. The summed E-state index contributed by atoms with van der Waals surface area (Å²) in [6.07, 6.45) is 3.28. The maximum atomic E-state index is 12.3. The molecule has 0 unspecified atom stereocenters. The van der Waals surface area contributed by atoms with Crippen LogP contribution in [-0.2, 0) is 5.75 Å². The summed E-state index contributed by atoms with van der Waals surface area (Å²) in [4.78, 5) is 21.5. The van der Waals surface area contributed by atoms with Crippen molar-refractivity contribution < 1.29 is 9.32 Å². The van der Waals surface area contributed by atoms with Gasteiger partial charge in [0.1, 0.15) is 0 Å². The van der Waals surface area contributed by atoms with Crippen LogP contribution in [0.2, 0.25) is 0 Å². The van der Waals surface area contributed by atoms with Crippen LogP contribution in [0.4, 0.5) is 6.01 Å². The lowest BCUT2D eigenvalue weighted by Crippen LogP contribution is -2.29. The highest BCUT2D eigenvalue weighted by molar-refractivity contribution is 7.98. The van der Waals surface area contributed by atoms with Gasteiger partial charge in [0.25, 0.3) is 5.91 Å². The maximum Gasteiger partial charge on any atom is 0.340 e. The third-order valence-corrected chi connectivity index (χ3v) is 5.10. The number of aromatic nitrogens is 3. The topological polar surface area (TPSA) is 92.9 Å². The average molecular weight is 403 g/mol. The van der Waals surface area contributed by atoms with Gasteiger partial charge in [-0.2, -0.15) is 4.98 Å². The second-order valence-corrected chi connectivity index (χ2v) is 7.09. The monoisotopic (exact) mass is 403 g/mol. The Morgan fingerprint density at radius 1 is 0.966 bits per heavy atom. The van der Waals surface area contributed by atoms with Gasteiger partial charge in [-0.1, -0.05) is 35.5 Å². The molecule has 2 N–H and O–H groups in total. The molecule has 2 aromatic carbocycles. The van der Waals surface area contributed by atoms with Crippen LogP contribution in [0.1, 0.15) is 15.9 Å². The lowest BCUT2D eigenvalue weighted by molar-refractivity contribution is 0.0961. The zero-order chi connectivity index (χ0) is 19.9. The first kappa shape index (κ1) is 18.7. The van der Waals surface area contributed by atoms with Crippen LogP contribution in [0.15, 0.2) is 88.5 Å². The molecule has 0 aliphatic heterocycles. The minimum Gasteiger partial charge on any atom is -0.313 e. The molecule has 8 heteroatoms. The number of anilines is 1. The quantitative estimate of drug-likeness (QED) is 0.353. The predicted octanol–water partition coefficient (Wildman–Crippen LogP) is 4.18. The van der Waals surface area contributed by atoms with E-state index in [-0.39, 0.29) is 11.9 Å². The minimum absolute atomic E-state index is 0.0974. The Labute approximate surface area is 171 Å². The van der Waals surface area contributed by atoms with Gasteiger partial charge in [0, 0.05) is 34.2 Å². The predicted molar refractivity (Wildman–Crippen MR) is 111 cm³/mol. The number of rotatable bonds is 7. The number of hydrazine groups is 1. The molecule has 0 spiro atoms. The Bertz CT molecular complexity index is 1070. The van der Waals surface area contributed by atoms with Gasteiger partial charge < -0.3 is 4.52 Å². The summed E-state index contributed by atoms with van der Waals surface area (Å²) in [6.45, 7) is 0. The first-order valence-corrected chi connectivity index (χ1v) is 9.84. The summed E-state index contributed by atoms with van der Waals surface area (Å²) in [5.74, 6) is 0.988. The molecule has 0 saturated carbocycles. The van der Waals surface area contributed by atoms with E-state index in [0.717, 1.165) is 16.2 Å². The van der Waals surface area contributed by atoms with Gasteiger partial charge in [0.15, 0.2) is 0 Å². The first-order chi connectivity index (χ1) is 14.3. The standard InChI is InChI=1S/C21H17N5O2S/c27-20(24-25-21-23-19(26-28-21)16-10-12-22-13-11-16)17-6-8-18(9-7-17)29-14-15-4-2-1-3-5-15/h1-13H,14H2,(H,24,27)(H,23,25,26). The van der Waals surface area contributed by atoms with Crippen molar-refractivity contribution in [3.8, 4) is 11.4 Å². The maximum absolute atomic E-state index is 12.3. The van der Waals surface area contributed by atoms with Crippen molar-refractivity contribution in [2.24, 2.45) is 0 Å². The van der Waals surface area contributed by atoms with Crippen molar-refractivity contribution in [3.05, 3.63) is 90.3 Å². The second kappa shape index (κ2) is 9.03. The van der Waals surface area contributed by atoms with E-state index in [0.29, 0.717) is 11.4 Å². The third kappa shape index (κ3) is 4.99. The van der Waals surface area contributed by atoms with E-state index >= 15 is 0 Å². The lowest BCUT2D eigenvalue weighted by atomic mass is 10.2. The Morgan fingerprint density at radius 3 is 2.48 bits per heavy atom. The Hall–Kier alpha value is -3.65. The van der Waals surface area contributed by atoms with E-state index in [9.17, 15) is 4.79 Å². The molecule has 144 valence electrons. The van der Waals surface area contributed by atoms with Crippen molar-refractivity contribution in [2.75, 3.05) is 5.43 Å². The lowest BCUT2D eigenvalue weighted by Gasteiger charge is -2.06. The highest BCUT2D eigenvalue weighted by Crippen LogP contribution is 2.23. The van der Waals surface area contributed by atoms with Crippen molar-refractivity contribution >= 4 is 23.7 Å². The Kier molecular flexibility index (Phi) is 5.82. The molecule has 4 rings (SSSR count). The van der Waals surface area contributed by atoms with Gasteiger partial charge in [-0.15, -0.1) is 11.8 Å². The number of pyridine rings is 1. The summed E-state index contributed by atoms with van der Waals surface area (Å²) in [6, 6.07) is 21.3. The number of thioether (sulfide) groups is 1. The molecule has 0 fully saturated rings. The fraction of sp³-hybridized carbons (Fsp3) is 0.0476. The largest absolute Gasteiger partial charge is 0.340 e. The summed E-state index contributed by atoms with van der Waals surface area (Å²) in [5, 5.41) is 3.86. The number of benzene rings is 2. The van der Waals surface area contributed by atoms with Gasteiger partial charge in [-0.3, -0.25) is 15.2 Å². The SMILES string of the molecule is O=C(NNc1nc(-c2ccncc2)no1)c1ccc(SCc2ccccc2)cc1. The normalized spacial score (nSPS) is 10.5. The zero-order valence-corrected chi connectivity index (χ0v) is 16.1. The second-order valence-electron chi connectivity index (χ2n) is 6.04. The Morgan fingerprint density at radius 2 is 1.72 bits per heavy atom. The van der Waals surface area contributed by atoms with Crippen LogP contribution in [0.5, 0.6) is 0 Å². The molecule has 1 amide bonds. The molecule has 0 bridgehead atoms. The number of carbonyl (C=O) groups is 1. The molecule has 2 heterocycles. The molecule has 4 aromatic rings. The number of nitrogens with one attached hydrogen (secondary N) is 2. The van der Waals surface area contributed by atoms with E-state index in [1.54, 1.807) is 48.4 Å². The molecule has 29 heavy (non-hydrogen) atoms. The van der Waals surface area contributed by atoms with Crippen LogP contribution in [0.25, 0.3) is 11.4 Å². The summed E-state index contributed by atoms with van der Waals surface area (Å²) < 4.78 is 5.09. The van der Waals surface area contributed by atoms with Gasteiger partial charge >= 0.3 is 6.01 Å². The van der Waals surface area contributed by atoms with Crippen LogP contribution in [0, 0.1) is 0 Å². The average Bonchev–Trinajstić information content (AvgIpc) is 3.27. The highest BCUT2D eigenvalue weighted by Gasteiger charge is 2.10. The highest BCUT2D eigenvalue weighted by atomic mass is 32.2. The number of carbonyl (C=O) groups excluding carboxylic acids is 1. The minimum atomic E-state index is -0.298. The number of hydrogen-bond acceptors (Lipinski definition) is 7. The van der Waals surface area contributed by atoms with Crippen LogP contribution >= 0.6 is 11.8 Å². The molecule has 0 aliphatic rings. The van der Waals surface area contributed by atoms with Gasteiger partial charge in [0.05, 0.1) is 0 Å². The fourth-order valence-electron chi connectivity index (χ4n) is 2.52. The number of amides is 1. The zero-order valence-electron chi connectivity index (χ0n) is 15.3. The molecular formula is C21H17N5O2S. The van der Waals surface area contributed by atoms with Crippen molar-refractivity contribution in [1.29, 1.82) is 0 Å². The van der Waals surface area contributed by atoms with Crippen molar-refractivity contribution in [2.45, 2.75) is 10.6 Å². The van der Waals surface area contributed by atoms with Crippen LogP contribution in [-0.4, -0.2) is 21.0 Å². The van der Waals surface area contributed by atoms with E-state index in [1.165, 1.54) is 5.56 Å². The van der Waals surface area contributed by atoms with E-state index in [1.807, 2.05) is 30.3 Å². The summed E-state index contributed by atoms with van der Waals surface area (Å²) >= 11 is 1.72. The molecule has 0 saturated heterocycles. The van der Waals surface area contributed by atoms with E-state index < -0.39 is 0 Å². The smallest absolute Gasteiger partial charge is 0.313 e. The van der Waals surface area contributed by atoms with E-state index in [2.05, 4.69) is 38.1 Å². The van der Waals surface area contributed by atoms with Crippen LogP contribution in [0.3, 0.4) is 0 Å². The number of nitrogens with zero attached hydrogens (tertiary/aromatic N) is 3. The Balaban J connectivity index is 1.30. The van der Waals surface area contributed by atoms with Crippen molar-refractivity contribution in [1.82, 2.24) is 20.6 Å². The van der Waals surface area contributed by atoms with Gasteiger partial charge in [-0.05, 0) is 42.0 Å². The number of hydrogen-bond donors (Lipinski definition) is 2. The summed E-state index contributed by atoms with van der Waals surface area (Å²) in [5.41, 5.74) is 7.74. The summed E-state index contributed by atoms with van der Waals surface area (Å²) in [7, 11) is 0. The molecule has 0 atom stereocenters. The van der Waals surface area contributed by atoms with Gasteiger partial charge in [-0.25, -0.2) is 5.43 Å². The molecule has 0 aliphatic carbocycles. The fourth-order valence-corrected chi connectivity index (χ4v) is 3.37. The first-order valence-electron chi connectivity index (χ1n) is 8.85. The van der Waals surface area contributed by atoms with Gasteiger partial charge in [0.2, 0.25) is 5.82 Å². The van der Waals surface area contributed by atoms with Crippen LogP contribution < -0.4 is 10.9 Å². The molecule has 2 aromatic heterocycles. The molecule has 0 radical (unpaired) electrons.